The van der Waals surface area contributed by atoms with Crippen molar-refractivity contribution in [2.45, 2.75) is 50.0 Å². The molecule has 0 saturated heterocycles. The van der Waals surface area contributed by atoms with Gasteiger partial charge in [-0.2, -0.15) is 0 Å². The summed E-state index contributed by atoms with van der Waals surface area (Å²) in [6.07, 6.45) is 7.14. The summed E-state index contributed by atoms with van der Waals surface area (Å²) in [5, 5.41) is 0. The largest absolute Gasteiger partial charge is 0.471 e. The zero-order valence-corrected chi connectivity index (χ0v) is 10.2. The quantitative estimate of drug-likeness (QED) is 0.469. The normalized spacial score (nSPS) is 12.7. The summed E-state index contributed by atoms with van der Waals surface area (Å²) in [5.74, 6) is 0. The van der Waals surface area contributed by atoms with Crippen molar-refractivity contribution in [2.75, 3.05) is 0 Å². The molecule has 0 fully saturated rings. The molecule has 0 rings (SSSR count). The van der Waals surface area contributed by atoms with Gasteiger partial charge in [0.1, 0.15) is 0 Å². The summed E-state index contributed by atoms with van der Waals surface area (Å²) in [6.45, 7) is 4.63. The summed E-state index contributed by atoms with van der Waals surface area (Å²) in [4.78, 5) is 0. The molecule has 0 amide bonds. The molecule has 1 atom stereocenters. The van der Waals surface area contributed by atoms with E-state index in [0.29, 0.717) is 0 Å². The minimum absolute atomic E-state index is 0.117. The molecule has 0 aliphatic carbocycles. The fraction of sp³-hybridized carbons (Fsp3) is 1.00. The third-order valence-electron chi connectivity index (χ3n) is 1.81. The molecular weight excluding hydrogens is 200 g/mol. The van der Waals surface area contributed by atoms with Crippen LogP contribution >= 0.6 is 12.9 Å². The fourth-order valence-electron chi connectivity index (χ4n) is 0.997. The minimum Gasteiger partial charge on any atom is -0.306 e. The zero-order chi connectivity index (χ0) is 7.82. The SMILES string of the molecule is CCCCCC[CH](C)[Mg][Br]. The highest BCUT2D eigenvalue weighted by Gasteiger charge is 2.02. The molecule has 0 aliphatic heterocycles. The van der Waals surface area contributed by atoms with Crippen molar-refractivity contribution in [2.24, 2.45) is 0 Å². The maximum Gasteiger partial charge on any atom is 0.471 e. The Balaban J connectivity index is 2.89. The van der Waals surface area contributed by atoms with Gasteiger partial charge in [0.2, 0.25) is 0 Å². The van der Waals surface area contributed by atoms with E-state index in [0.717, 1.165) is 4.05 Å². The lowest BCUT2D eigenvalue weighted by molar-refractivity contribution is 0.624. The molecule has 0 bridgehead atoms. The van der Waals surface area contributed by atoms with Gasteiger partial charge in [-0.15, -0.1) is 4.05 Å². The molecule has 0 aliphatic rings. The topological polar surface area (TPSA) is 0 Å². The summed E-state index contributed by atoms with van der Waals surface area (Å²) in [7, 11) is 0. The van der Waals surface area contributed by atoms with Crippen molar-refractivity contribution in [3.8, 4) is 0 Å². The molecule has 0 N–H and O–H groups in total. The maximum absolute atomic E-state index is 3.62. The van der Waals surface area contributed by atoms with Gasteiger partial charge in [0.15, 0.2) is 0 Å². The average molecular weight is 217 g/mol. The summed E-state index contributed by atoms with van der Waals surface area (Å²) < 4.78 is 1.01. The summed E-state index contributed by atoms with van der Waals surface area (Å²) in [6, 6.07) is 0. The van der Waals surface area contributed by atoms with E-state index < -0.39 is 0 Å². The highest BCUT2D eigenvalue weighted by atomic mass is 79.9. The van der Waals surface area contributed by atoms with Crippen LogP contribution in [0.15, 0.2) is 0 Å². The Kier molecular flexibility index (Phi) is 9.38. The van der Waals surface area contributed by atoms with Crippen molar-refractivity contribution in [1.82, 2.24) is 0 Å². The summed E-state index contributed by atoms with van der Waals surface area (Å²) in [5.41, 5.74) is 0. The molecule has 58 valence electrons. The lowest BCUT2D eigenvalue weighted by atomic mass is 10.1. The van der Waals surface area contributed by atoms with E-state index in [-0.39, 0.29) is 18.2 Å². The Labute approximate surface area is 80.7 Å². The average Bonchev–Trinajstić information content (AvgIpc) is 1.98. The van der Waals surface area contributed by atoms with Gasteiger partial charge < -0.3 is 12.9 Å². The lowest BCUT2D eigenvalue weighted by Crippen LogP contribution is -1.91. The Bertz CT molecular complexity index is 66.3. The van der Waals surface area contributed by atoms with Crippen molar-refractivity contribution in [1.29, 1.82) is 0 Å². The first-order valence-electron chi connectivity index (χ1n) is 4.37. The predicted molar refractivity (Wildman–Crippen MR) is 52.9 cm³/mol. The monoisotopic (exact) mass is 216 g/mol. The third-order valence-corrected chi connectivity index (χ3v) is 6.06. The van der Waals surface area contributed by atoms with Crippen LogP contribution in [0.5, 0.6) is 0 Å². The van der Waals surface area contributed by atoms with Crippen LogP contribution < -0.4 is 0 Å². The first-order chi connectivity index (χ1) is 4.81. The Morgan fingerprint density at radius 3 is 2.50 bits per heavy atom. The first kappa shape index (κ1) is 11.2. The Hall–Kier alpha value is 1.25. The molecule has 0 heterocycles. The van der Waals surface area contributed by atoms with Crippen LogP contribution in [0, 0.1) is 0 Å². The molecule has 10 heavy (non-hydrogen) atoms. The first-order valence-corrected chi connectivity index (χ1v) is 9.08. The van der Waals surface area contributed by atoms with Gasteiger partial charge in [0.05, 0.1) is 0 Å². The van der Waals surface area contributed by atoms with Crippen LogP contribution in [-0.2, 0) is 0 Å². The number of halogens is 1. The van der Waals surface area contributed by atoms with Crippen LogP contribution in [0.25, 0.3) is 0 Å². The number of hydrogen-bond acceptors (Lipinski definition) is 0. The smallest absolute Gasteiger partial charge is 0.306 e. The maximum atomic E-state index is 3.62. The van der Waals surface area contributed by atoms with E-state index in [4.69, 9.17) is 0 Å². The third kappa shape index (κ3) is 7.35. The van der Waals surface area contributed by atoms with Crippen LogP contribution in [0.2, 0.25) is 4.05 Å². The van der Waals surface area contributed by atoms with Crippen molar-refractivity contribution >= 4 is 31.1 Å². The van der Waals surface area contributed by atoms with E-state index in [2.05, 4.69) is 26.7 Å². The van der Waals surface area contributed by atoms with Gasteiger partial charge in [0, 0.05) is 0 Å². The van der Waals surface area contributed by atoms with Crippen LogP contribution in [0.3, 0.4) is 0 Å². The van der Waals surface area contributed by atoms with Crippen molar-refractivity contribution in [3.63, 3.8) is 0 Å². The Morgan fingerprint density at radius 1 is 1.30 bits per heavy atom. The lowest BCUT2D eigenvalue weighted by Gasteiger charge is -2.04. The van der Waals surface area contributed by atoms with E-state index in [1.54, 1.807) is 0 Å². The van der Waals surface area contributed by atoms with Gasteiger partial charge in [-0.1, -0.05) is 46.0 Å². The predicted octanol–water partition coefficient (Wildman–Crippen LogP) is 3.78. The molecule has 0 aromatic carbocycles. The molecule has 0 saturated carbocycles. The van der Waals surface area contributed by atoms with Crippen LogP contribution in [-0.4, -0.2) is 18.2 Å². The Morgan fingerprint density at radius 2 is 2.00 bits per heavy atom. The van der Waals surface area contributed by atoms with Crippen molar-refractivity contribution in [3.05, 3.63) is 0 Å². The van der Waals surface area contributed by atoms with E-state index in [9.17, 15) is 0 Å². The van der Waals surface area contributed by atoms with Gasteiger partial charge >= 0.3 is 18.2 Å². The fourth-order valence-corrected chi connectivity index (χ4v) is 2.41. The second-order valence-electron chi connectivity index (χ2n) is 3.11. The second-order valence-corrected chi connectivity index (χ2v) is 6.75. The van der Waals surface area contributed by atoms with Gasteiger partial charge in [-0.3, -0.25) is 0 Å². The second kappa shape index (κ2) is 8.34. The molecule has 0 radical (unpaired) electrons. The molecule has 0 nitrogen and oxygen atoms in total. The van der Waals surface area contributed by atoms with Gasteiger partial charge in [-0.25, -0.2) is 0 Å². The van der Waals surface area contributed by atoms with Crippen LogP contribution in [0.1, 0.15) is 46.0 Å². The van der Waals surface area contributed by atoms with E-state index >= 15 is 0 Å². The van der Waals surface area contributed by atoms with E-state index in [1.807, 2.05) is 0 Å². The molecule has 1 unspecified atom stereocenters. The number of hydrogen-bond donors (Lipinski definition) is 0. The molecule has 0 aromatic heterocycles. The number of rotatable bonds is 6. The van der Waals surface area contributed by atoms with Crippen molar-refractivity contribution < 1.29 is 0 Å². The highest BCUT2D eigenvalue weighted by Crippen LogP contribution is 2.15. The summed E-state index contributed by atoms with van der Waals surface area (Å²) >= 11 is 3.74. The zero-order valence-electron chi connectivity index (χ0n) is 7.20. The molecule has 0 aromatic rings. The highest BCUT2D eigenvalue weighted by molar-refractivity contribution is 9.23. The number of unbranched alkanes of at least 4 members (excludes halogenated alkanes) is 3. The van der Waals surface area contributed by atoms with E-state index in [1.165, 1.54) is 32.1 Å². The van der Waals surface area contributed by atoms with Crippen LogP contribution in [0.4, 0.5) is 0 Å². The molecule has 0 spiro atoms. The minimum atomic E-state index is 0.117. The molecule has 2 heteroatoms. The standard InChI is InChI=1S/C8H17.BrH.Mg/c1-3-5-7-8-6-4-2;;/h3H,4-8H2,1-2H3;1H;/q;;+1/p-1. The van der Waals surface area contributed by atoms with Gasteiger partial charge in [-0.05, 0) is 0 Å². The van der Waals surface area contributed by atoms with Gasteiger partial charge in [0.25, 0.3) is 0 Å². The molecular formula is C8H17BrMg.